The third kappa shape index (κ3) is 8.00. The molecule has 0 atom stereocenters. The highest BCUT2D eigenvalue weighted by Gasteiger charge is 2.19. The first-order chi connectivity index (χ1) is 9.40. The van der Waals surface area contributed by atoms with Gasteiger partial charge in [-0.05, 0) is 65.7 Å². The number of hydrogen-bond donors (Lipinski definition) is 2. The van der Waals surface area contributed by atoms with Crippen molar-refractivity contribution in [2.45, 2.75) is 69.8 Å². The molecule has 2 N–H and O–H groups in total. The van der Waals surface area contributed by atoms with E-state index in [1.165, 1.54) is 25.7 Å². The van der Waals surface area contributed by atoms with Crippen molar-refractivity contribution in [1.29, 1.82) is 0 Å². The van der Waals surface area contributed by atoms with E-state index < -0.39 is 5.60 Å². The minimum atomic E-state index is -0.418. The van der Waals surface area contributed by atoms with E-state index in [4.69, 9.17) is 4.74 Å². The fourth-order valence-corrected chi connectivity index (χ4v) is 3.15. The van der Waals surface area contributed by atoms with Crippen LogP contribution in [0.5, 0.6) is 0 Å². The van der Waals surface area contributed by atoms with Gasteiger partial charge in [-0.3, -0.25) is 0 Å². The fourth-order valence-electron chi connectivity index (χ4n) is 2.40. The molecular weight excluding hydrogens is 272 g/mol. The van der Waals surface area contributed by atoms with Crippen LogP contribution < -0.4 is 10.6 Å². The van der Waals surface area contributed by atoms with Gasteiger partial charge < -0.3 is 15.4 Å². The highest BCUT2D eigenvalue weighted by molar-refractivity contribution is 7.99. The number of amides is 1. The van der Waals surface area contributed by atoms with E-state index >= 15 is 0 Å². The lowest BCUT2D eigenvalue weighted by molar-refractivity contribution is 0.0527. The standard InChI is InChI=1S/C15H30N2O2S/c1-15(2,3)19-14(18)17-11-5-10-16-12-6-8-13(20-4)9-7-12/h12-13,16H,5-11H2,1-4H3,(H,17,18). The number of carbonyl (C=O) groups is 1. The molecule has 118 valence electrons. The average Bonchev–Trinajstić information content (AvgIpc) is 2.37. The van der Waals surface area contributed by atoms with Crippen molar-refractivity contribution < 1.29 is 9.53 Å². The molecule has 0 radical (unpaired) electrons. The van der Waals surface area contributed by atoms with E-state index in [2.05, 4.69) is 16.9 Å². The highest BCUT2D eigenvalue weighted by atomic mass is 32.2. The lowest BCUT2D eigenvalue weighted by Crippen LogP contribution is -2.37. The molecule has 0 aromatic carbocycles. The summed E-state index contributed by atoms with van der Waals surface area (Å²) in [4.78, 5) is 11.4. The van der Waals surface area contributed by atoms with Gasteiger partial charge in [-0.2, -0.15) is 11.8 Å². The summed E-state index contributed by atoms with van der Waals surface area (Å²) in [5, 5.41) is 7.24. The molecule has 1 fully saturated rings. The van der Waals surface area contributed by atoms with Gasteiger partial charge in [-0.1, -0.05) is 0 Å². The van der Waals surface area contributed by atoms with Crippen molar-refractivity contribution in [2.75, 3.05) is 19.3 Å². The molecule has 1 aliphatic rings. The fraction of sp³-hybridized carbons (Fsp3) is 0.933. The van der Waals surface area contributed by atoms with Crippen LogP contribution in [0.25, 0.3) is 0 Å². The molecule has 0 saturated heterocycles. The highest BCUT2D eigenvalue weighted by Crippen LogP contribution is 2.26. The third-order valence-corrected chi connectivity index (χ3v) is 4.60. The first-order valence-electron chi connectivity index (χ1n) is 7.64. The maximum absolute atomic E-state index is 11.4. The second-order valence-corrected chi connectivity index (χ2v) is 7.58. The summed E-state index contributed by atoms with van der Waals surface area (Å²) in [6, 6.07) is 0.667. The molecule has 4 nitrogen and oxygen atoms in total. The van der Waals surface area contributed by atoms with E-state index in [0.717, 1.165) is 18.2 Å². The van der Waals surface area contributed by atoms with Crippen LogP contribution >= 0.6 is 11.8 Å². The van der Waals surface area contributed by atoms with Gasteiger partial charge in [0, 0.05) is 17.8 Å². The Kier molecular flexibility index (Phi) is 7.74. The van der Waals surface area contributed by atoms with Crippen molar-refractivity contribution in [3.05, 3.63) is 0 Å². The predicted octanol–water partition coefficient (Wildman–Crippen LogP) is 3.17. The molecular formula is C15H30N2O2S. The Morgan fingerprint density at radius 2 is 1.85 bits per heavy atom. The Labute approximate surface area is 127 Å². The quantitative estimate of drug-likeness (QED) is 0.740. The van der Waals surface area contributed by atoms with Crippen LogP contribution in [0.3, 0.4) is 0 Å². The first-order valence-corrected chi connectivity index (χ1v) is 8.92. The Morgan fingerprint density at radius 1 is 1.20 bits per heavy atom. The van der Waals surface area contributed by atoms with Crippen LogP contribution in [0.4, 0.5) is 4.79 Å². The summed E-state index contributed by atoms with van der Waals surface area (Å²) >= 11 is 2.00. The summed E-state index contributed by atoms with van der Waals surface area (Å²) in [7, 11) is 0. The van der Waals surface area contributed by atoms with Crippen LogP contribution in [0.2, 0.25) is 0 Å². The number of nitrogens with one attached hydrogen (secondary N) is 2. The van der Waals surface area contributed by atoms with E-state index in [-0.39, 0.29) is 6.09 Å². The van der Waals surface area contributed by atoms with Gasteiger partial charge in [0.2, 0.25) is 0 Å². The van der Waals surface area contributed by atoms with E-state index in [1.807, 2.05) is 32.5 Å². The van der Waals surface area contributed by atoms with E-state index in [9.17, 15) is 4.79 Å². The van der Waals surface area contributed by atoms with E-state index in [1.54, 1.807) is 0 Å². The molecule has 0 spiro atoms. The van der Waals surface area contributed by atoms with Gasteiger partial charge >= 0.3 is 6.09 Å². The molecule has 0 aromatic rings. The van der Waals surface area contributed by atoms with Gasteiger partial charge in [0.1, 0.15) is 5.60 Å². The molecule has 0 aromatic heterocycles. The monoisotopic (exact) mass is 302 g/mol. The zero-order chi connectivity index (χ0) is 15.0. The van der Waals surface area contributed by atoms with Gasteiger partial charge in [0.15, 0.2) is 0 Å². The largest absolute Gasteiger partial charge is 0.444 e. The summed E-state index contributed by atoms with van der Waals surface area (Å²) in [5.74, 6) is 0. The Balaban J connectivity index is 1.99. The lowest BCUT2D eigenvalue weighted by atomic mass is 9.95. The van der Waals surface area contributed by atoms with Crippen LogP contribution in [-0.4, -0.2) is 42.3 Å². The minimum Gasteiger partial charge on any atom is -0.444 e. The van der Waals surface area contributed by atoms with Crippen LogP contribution in [0.15, 0.2) is 0 Å². The van der Waals surface area contributed by atoms with Crippen molar-refractivity contribution >= 4 is 17.9 Å². The Bertz CT molecular complexity index is 284. The second-order valence-electron chi connectivity index (χ2n) is 6.45. The van der Waals surface area contributed by atoms with Crippen LogP contribution in [0, 0.1) is 0 Å². The molecule has 1 aliphatic carbocycles. The van der Waals surface area contributed by atoms with Crippen molar-refractivity contribution in [3.63, 3.8) is 0 Å². The second kappa shape index (κ2) is 8.78. The van der Waals surface area contributed by atoms with Crippen molar-refractivity contribution in [3.8, 4) is 0 Å². The molecule has 0 aliphatic heterocycles. The molecule has 5 heteroatoms. The van der Waals surface area contributed by atoms with Crippen molar-refractivity contribution in [1.82, 2.24) is 10.6 Å². The number of ether oxygens (including phenoxy) is 1. The lowest BCUT2D eigenvalue weighted by Gasteiger charge is -2.28. The normalized spacial score (nSPS) is 23.4. The number of alkyl carbamates (subject to hydrolysis) is 1. The average molecular weight is 302 g/mol. The topological polar surface area (TPSA) is 50.4 Å². The number of carbonyl (C=O) groups excluding carboxylic acids is 1. The smallest absolute Gasteiger partial charge is 0.407 e. The zero-order valence-corrected chi connectivity index (χ0v) is 14.1. The van der Waals surface area contributed by atoms with Gasteiger partial charge in [0.25, 0.3) is 0 Å². The number of hydrogen-bond acceptors (Lipinski definition) is 4. The molecule has 1 amide bonds. The number of rotatable bonds is 6. The molecule has 0 heterocycles. The maximum atomic E-state index is 11.4. The maximum Gasteiger partial charge on any atom is 0.407 e. The zero-order valence-electron chi connectivity index (χ0n) is 13.3. The molecule has 1 rings (SSSR count). The minimum absolute atomic E-state index is 0.321. The summed E-state index contributed by atoms with van der Waals surface area (Å²) in [5.41, 5.74) is -0.418. The van der Waals surface area contributed by atoms with E-state index in [0.29, 0.717) is 12.6 Å². The summed E-state index contributed by atoms with van der Waals surface area (Å²) in [6.07, 6.45) is 8.06. The van der Waals surface area contributed by atoms with Gasteiger partial charge in [0.05, 0.1) is 0 Å². The Morgan fingerprint density at radius 3 is 2.40 bits per heavy atom. The van der Waals surface area contributed by atoms with Gasteiger partial charge in [-0.25, -0.2) is 4.79 Å². The molecule has 1 saturated carbocycles. The third-order valence-electron chi connectivity index (χ3n) is 3.46. The molecule has 20 heavy (non-hydrogen) atoms. The predicted molar refractivity (Wildman–Crippen MR) is 86.4 cm³/mol. The number of thioether (sulfide) groups is 1. The SMILES string of the molecule is CSC1CCC(NCCCNC(=O)OC(C)(C)C)CC1. The Hall–Kier alpha value is -0.420. The van der Waals surface area contributed by atoms with Crippen LogP contribution in [0.1, 0.15) is 52.9 Å². The molecule has 0 bridgehead atoms. The van der Waals surface area contributed by atoms with Gasteiger partial charge in [-0.15, -0.1) is 0 Å². The molecule has 0 unspecified atom stereocenters. The summed E-state index contributed by atoms with van der Waals surface area (Å²) in [6.45, 7) is 7.25. The first kappa shape index (κ1) is 17.6. The van der Waals surface area contributed by atoms with Crippen LogP contribution in [-0.2, 0) is 4.74 Å². The van der Waals surface area contributed by atoms with Crippen molar-refractivity contribution in [2.24, 2.45) is 0 Å². The summed E-state index contributed by atoms with van der Waals surface area (Å²) < 4.78 is 5.19.